The molecule has 1 unspecified atom stereocenters. The van der Waals surface area contributed by atoms with Crippen LogP contribution in [0.3, 0.4) is 0 Å². The molecule has 3 aromatic rings. The number of halogens is 1. The van der Waals surface area contributed by atoms with E-state index in [4.69, 9.17) is 4.42 Å². The van der Waals surface area contributed by atoms with E-state index >= 15 is 0 Å². The van der Waals surface area contributed by atoms with Crippen LogP contribution in [0.15, 0.2) is 51.8 Å². The van der Waals surface area contributed by atoms with Gasteiger partial charge in [0.15, 0.2) is 11.6 Å². The minimum Gasteiger partial charge on any atom is -0.588 e. The fourth-order valence-electron chi connectivity index (χ4n) is 3.36. The summed E-state index contributed by atoms with van der Waals surface area (Å²) in [5, 5.41) is 0.766. The molecule has 0 aliphatic heterocycles. The summed E-state index contributed by atoms with van der Waals surface area (Å²) in [5.74, 6) is -0.963. The number of carbonyl (C=O) groups is 1. The molecular formula is C21H21FN2O3S. The summed E-state index contributed by atoms with van der Waals surface area (Å²) in [4.78, 5) is 14.6. The first-order chi connectivity index (χ1) is 13.4. The maximum absolute atomic E-state index is 14.4. The molecule has 28 heavy (non-hydrogen) atoms. The third-order valence-corrected chi connectivity index (χ3v) is 6.33. The van der Waals surface area contributed by atoms with Crippen LogP contribution in [-0.4, -0.2) is 24.6 Å². The van der Waals surface area contributed by atoms with E-state index in [0.29, 0.717) is 11.1 Å². The molecule has 2 aromatic carbocycles. The van der Waals surface area contributed by atoms with Crippen molar-refractivity contribution in [3.8, 4) is 0 Å². The first-order valence-corrected chi connectivity index (χ1v) is 10.3. The minimum absolute atomic E-state index is 0.0424. The van der Waals surface area contributed by atoms with Gasteiger partial charge >= 0.3 is 5.91 Å². The van der Waals surface area contributed by atoms with Crippen LogP contribution in [0.1, 0.15) is 41.3 Å². The zero-order chi connectivity index (χ0) is 19.8. The van der Waals surface area contributed by atoms with E-state index in [0.717, 1.165) is 30.3 Å². The fourth-order valence-corrected chi connectivity index (χ4v) is 4.42. The van der Waals surface area contributed by atoms with E-state index in [1.54, 1.807) is 18.2 Å². The number of hydrogen-bond acceptors (Lipinski definition) is 4. The van der Waals surface area contributed by atoms with Crippen molar-refractivity contribution in [2.45, 2.75) is 30.1 Å². The van der Waals surface area contributed by atoms with E-state index in [9.17, 15) is 13.7 Å². The van der Waals surface area contributed by atoms with Crippen molar-refractivity contribution in [2.75, 3.05) is 19.0 Å². The van der Waals surface area contributed by atoms with Crippen LogP contribution in [0, 0.1) is 5.82 Å². The van der Waals surface area contributed by atoms with Gasteiger partial charge in [0.05, 0.1) is 0 Å². The summed E-state index contributed by atoms with van der Waals surface area (Å²) in [6.07, 6.45) is 2.96. The monoisotopic (exact) mass is 400 g/mol. The minimum atomic E-state index is -2.00. The van der Waals surface area contributed by atoms with Gasteiger partial charge in [-0.3, -0.25) is 4.79 Å². The smallest absolute Gasteiger partial charge is 0.328 e. The lowest BCUT2D eigenvalue weighted by atomic mass is 9.80. The van der Waals surface area contributed by atoms with Crippen molar-refractivity contribution in [1.29, 1.82) is 0 Å². The molecule has 4 rings (SSSR count). The van der Waals surface area contributed by atoms with Crippen LogP contribution in [0.5, 0.6) is 0 Å². The molecule has 1 atom stereocenters. The van der Waals surface area contributed by atoms with Gasteiger partial charge in [-0.25, -0.2) is 4.39 Å². The number of nitrogens with zero attached hydrogens (tertiary/aromatic N) is 1. The molecule has 0 bridgehead atoms. The number of hydrogen-bond donors (Lipinski definition) is 1. The van der Waals surface area contributed by atoms with Crippen LogP contribution in [0.4, 0.5) is 10.1 Å². The lowest BCUT2D eigenvalue weighted by Gasteiger charge is -2.27. The van der Waals surface area contributed by atoms with Crippen molar-refractivity contribution in [1.82, 2.24) is 4.72 Å². The number of amides is 1. The lowest BCUT2D eigenvalue weighted by molar-refractivity contribution is 0.0956. The maximum Gasteiger partial charge on any atom is 0.328 e. The van der Waals surface area contributed by atoms with Gasteiger partial charge < -0.3 is 13.9 Å². The third kappa shape index (κ3) is 3.47. The molecule has 1 N–H and O–H groups in total. The number of anilines is 1. The van der Waals surface area contributed by atoms with Crippen molar-refractivity contribution in [3.05, 3.63) is 59.6 Å². The van der Waals surface area contributed by atoms with Crippen molar-refractivity contribution < 1.29 is 18.2 Å². The molecule has 1 amide bonds. The highest BCUT2D eigenvalue weighted by molar-refractivity contribution is 7.90. The molecule has 7 heteroatoms. The number of benzene rings is 2. The average Bonchev–Trinajstić information content (AvgIpc) is 3.03. The van der Waals surface area contributed by atoms with Gasteiger partial charge in [-0.15, -0.1) is 0 Å². The quantitative estimate of drug-likeness (QED) is 0.646. The molecule has 0 saturated heterocycles. The largest absolute Gasteiger partial charge is 0.588 e. The fraction of sp³-hybridized carbons (Fsp3) is 0.286. The van der Waals surface area contributed by atoms with E-state index in [2.05, 4.69) is 4.72 Å². The van der Waals surface area contributed by atoms with E-state index < -0.39 is 23.1 Å². The van der Waals surface area contributed by atoms with E-state index in [-0.39, 0.29) is 16.6 Å². The van der Waals surface area contributed by atoms with Gasteiger partial charge in [-0.1, -0.05) is 18.6 Å². The predicted octanol–water partition coefficient (Wildman–Crippen LogP) is 4.36. The second kappa shape index (κ2) is 7.48. The number of furan rings is 1. The van der Waals surface area contributed by atoms with Gasteiger partial charge in [0.25, 0.3) is 0 Å². The first kappa shape index (κ1) is 18.8. The van der Waals surface area contributed by atoms with E-state index in [1.165, 1.54) is 6.07 Å². The Kier molecular flexibility index (Phi) is 5.03. The number of carbonyl (C=O) groups excluding carboxylic acids is 1. The first-order valence-electron chi connectivity index (χ1n) is 9.16. The second-order valence-electron chi connectivity index (χ2n) is 7.21. The Labute approximate surface area is 165 Å². The van der Waals surface area contributed by atoms with Gasteiger partial charge in [0.1, 0.15) is 16.9 Å². The molecule has 1 aliphatic rings. The molecule has 146 valence electrons. The van der Waals surface area contributed by atoms with Crippen LogP contribution >= 0.6 is 0 Å². The summed E-state index contributed by atoms with van der Waals surface area (Å²) in [6.45, 7) is 0. The van der Waals surface area contributed by atoms with Gasteiger partial charge in [-0.2, -0.15) is 4.72 Å². The summed E-state index contributed by atoms with van der Waals surface area (Å²) >= 11 is -2.00. The average molecular weight is 400 g/mol. The van der Waals surface area contributed by atoms with Crippen molar-refractivity contribution >= 4 is 33.9 Å². The molecular weight excluding hydrogens is 379 g/mol. The Morgan fingerprint density at radius 3 is 2.71 bits per heavy atom. The highest BCUT2D eigenvalue weighted by Gasteiger charge is 2.32. The Morgan fingerprint density at radius 2 is 2.04 bits per heavy atom. The SMILES string of the molecule is CN(C)c1ccc2cc(C(=O)N[S+]([O-])c3c(F)cccc3C3CCC3)oc2c1. The van der Waals surface area contributed by atoms with Crippen LogP contribution in [-0.2, 0) is 11.4 Å². The summed E-state index contributed by atoms with van der Waals surface area (Å²) in [6, 6.07) is 11.9. The zero-order valence-electron chi connectivity index (χ0n) is 15.7. The highest BCUT2D eigenvalue weighted by atomic mass is 32.2. The van der Waals surface area contributed by atoms with Crippen molar-refractivity contribution in [2.24, 2.45) is 0 Å². The molecule has 1 aromatic heterocycles. The zero-order valence-corrected chi connectivity index (χ0v) is 16.5. The molecule has 0 spiro atoms. The molecule has 1 saturated carbocycles. The summed E-state index contributed by atoms with van der Waals surface area (Å²) < 4.78 is 35.2. The molecule has 0 radical (unpaired) electrons. The Morgan fingerprint density at radius 1 is 1.25 bits per heavy atom. The third-order valence-electron chi connectivity index (χ3n) is 5.16. The standard InChI is InChI=1S/C21H21FN2O3S/c1-24(2)15-10-9-14-11-19(27-18(14)12-15)21(25)23-28(26)20-16(13-5-3-6-13)7-4-8-17(20)22/h4,7-13H,3,5-6H2,1-2H3,(H,23,25). The molecule has 1 aliphatic carbocycles. The summed E-state index contributed by atoms with van der Waals surface area (Å²) in [7, 11) is 3.82. The molecule has 5 nitrogen and oxygen atoms in total. The van der Waals surface area contributed by atoms with Crippen LogP contribution in [0.25, 0.3) is 11.0 Å². The van der Waals surface area contributed by atoms with Crippen molar-refractivity contribution in [3.63, 3.8) is 0 Å². The Balaban J connectivity index is 1.58. The van der Waals surface area contributed by atoms with Gasteiger partial charge in [-0.05, 0) is 43.0 Å². The topological polar surface area (TPSA) is 68.5 Å². The maximum atomic E-state index is 14.4. The lowest BCUT2D eigenvalue weighted by Crippen LogP contribution is -2.32. The number of nitrogens with one attached hydrogen (secondary N) is 1. The Bertz CT molecular complexity index is 1030. The number of rotatable bonds is 5. The van der Waals surface area contributed by atoms with Crippen LogP contribution < -0.4 is 9.62 Å². The normalized spacial score (nSPS) is 15.3. The molecule has 1 heterocycles. The highest BCUT2D eigenvalue weighted by Crippen LogP contribution is 2.40. The predicted molar refractivity (Wildman–Crippen MR) is 107 cm³/mol. The second-order valence-corrected chi connectivity index (χ2v) is 8.36. The number of fused-ring (bicyclic) bond motifs is 1. The van der Waals surface area contributed by atoms with E-state index in [1.807, 2.05) is 37.2 Å². The summed E-state index contributed by atoms with van der Waals surface area (Å²) in [5.41, 5.74) is 2.21. The van der Waals surface area contributed by atoms with Crippen LogP contribution in [0.2, 0.25) is 0 Å². The van der Waals surface area contributed by atoms with Gasteiger partial charge in [0.2, 0.25) is 4.90 Å². The van der Waals surface area contributed by atoms with Gasteiger partial charge in [0, 0.05) is 36.8 Å². The molecule has 1 fully saturated rings. The Hall–Kier alpha value is -2.51.